The Kier molecular flexibility index (Phi) is 8.99. The highest BCUT2D eigenvalue weighted by Gasteiger charge is 1.90. The second kappa shape index (κ2) is 9.85. The fraction of sp³-hybridized carbons (Fsp3) is 0.583. The number of allylic oxidation sites excluding steroid dienone is 2. The molecule has 0 aliphatic rings. The first-order chi connectivity index (χ1) is 6.77. The van der Waals surface area contributed by atoms with Crippen molar-refractivity contribution in [2.24, 2.45) is 0 Å². The van der Waals surface area contributed by atoms with E-state index in [2.05, 4.69) is 18.8 Å². The van der Waals surface area contributed by atoms with Gasteiger partial charge in [-0.15, -0.1) is 0 Å². The summed E-state index contributed by atoms with van der Waals surface area (Å²) in [5.41, 5.74) is 0. The molecule has 0 fully saturated rings. The van der Waals surface area contributed by atoms with Gasteiger partial charge in [-0.2, -0.15) is 0 Å². The van der Waals surface area contributed by atoms with Gasteiger partial charge < -0.3 is 4.74 Å². The maximum absolute atomic E-state index is 10.4. The molecule has 0 bridgehead atoms. The molecule has 0 radical (unpaired) electrons. The van der Waals surface area contributed by atoms with Crippen LogP contribution in [0.15, 0.2) is 12.2 Å². The first-order valence-electron chi connectivity index (χ1n) is 5.04. The van der Waals surface area contributed by atoms with Crippen molar-refractivity contribution in [2.75, 3.05) is 6.61 Å². The van der Waals surface area contributed by atoms with Crippen LogP contribution < -0.4 is 0 Å². The van der Waals surface area contributed by atoms with E-state index < -0.39 is 0 Å². The molecule has 0 aromatic rings. The zero-order chi connectivity index (χ0) is 10.6. The zero-order valence-electron chi connectivity index (χ0n) is 9.01. The lowest BCUT2D eigenvalue weighted by Crippen LogP contribution is -1.99. The minimum atomic E-state index is -0.207. The molecule has 0 aromatic heterocycles. The molecule has 0 atom stereocenters. The van der Waals surface area contributed by atoms with E-state index in [1.165, 1.54) is 6.92 Å². The van der Waals surface area contributed by atoms with Gasteiger partial charge in [0.05, 0.1) is 6.61 Å². The minimum Gasteiger partial charge on any atom is -0.466 e. The Labute approximate surface area is 86.3 Å². The number of esters is 1. The van der Waals surface area contributed by atoms with Crippen LogP contribution >= 0.6 is 0 Å². The third-order valence-electron chi connectivity index (χ3n) is 1.54. The van der Waals surface area contributed by atoms with E-state index in [-0.39, 0.29) is 5.97 Å². The molecule has 0 saturated carbocycles. The molecule has 78 valence electrons. The zero-order valence-corrected chi connectivity index (χ0v) is 9.01. The van der Waals surface area contributed by atoms with Crippen molar-refractivity contribution in [3.8, 4) is 11.8 Å². The number of hydrogen-bond donors (Lipinski definition) is 0. The number of unbranched alkanes of at least 4 members (excludes halogenated alkanes) is 2. The molecule has 0 N–H and O–H groups in total. The standard InChI is InChI=1S/C12H18O2/c1-3-4-5-6-7-8-9-10-11-14-12(2)13/h4-5H,3,8-11H2,1-2H3/b5-4-. The number of hydrogen-bond acceptors (Lipinski definition) is 2. The van der Waals surface area contributed by atoms with E-state index in [1.54, 1.807) is 0 Å². The van der Waals surface area contributed by atoms with Crippen molar-refractivity contribution >= 4 is 5.97 Å². The average Bonchev–Trinajstić information content (AvgIpc) is 2.15. The van der Waals surface area contributed by atoms with Crippen LogP contribution in [0.4, 0.5) is 0 Å². The number of carbonyl (C=O) groups is 1. The third-order valence-corrected chi connectivity index (χ3v) is 1.54. The molecule has 2 nitrogen and oxygen atoms in total. The Hall–Kier alpha value is -1.23. The van der Waals surface area contributed by atoms with Crippen molar-refractivity contribution in [1.82, 2.24) is 0 Å². The lowest BCUT2D eigenvalue weighted by molar-refractivity contribution is -0.141. The maximum Gasteiger partial charge on any atom is 0.302 e. The normalized spacial score (nSPS) is 9.57. The summed E-state index contributed by atoms with van der Waals surface area (Å²) in [5.74, 6) is 5.77. The van der Waals surface area contributed by atoms with Gasteiger partial charge in [0, 0.05) is 13.3 Å². The molecule has 0 amide bonds. The molecule has 14 heavy (non-hydrogen) atoms. The molecule has 0 aliphatic heterocycles. The van der Waals surface area contributed by atoms with Crippen LogP contribution in [-0.2, 0) is 9.53 Å². The summed E-state index contributed by atoms with van der Waals surface area (Å²) in [7, 11) is 0. The molecule has 0 spiro atoms. The van der Waals surface area contributed by atoms with Crippen molar-refractivity contribution < 1.29 is 9.53 Å². The third kappa shape index (κ3) is 10.8. The summed E-state index contributed by atoms with van der Waals surface area (Å²) in [6.07, 6.45) is 7.69. The smallest absolute Gasteiger partial charge is 0.302 e. The fourth-order valence-electron chi connectivity index (χ4n) is 0.839. The van der Waals surface area contributed by atoms with Gasteiger partial charge in [0.1, 0.15) is 0 Å². The Balaban J connectivity index is 3.23. The predicted octanol–water partition coefficient (Wildman–Crippen LogP) is 2.69. The first-order valence-corrected chi connectivity index (χ1v) is 5.04. The Morgan fingerprint density at radius 3 is 2.86 bits per heavy atom. The average molecular weight is 194 g/mol. The predicted molar refractivity (Wildman–Crippen MR) is 57.7 cm³/mol. The van der Waals surface area contributed by atoms with Crippen LogP contribution in [0.25, 0.3) is 0 Å². The summed E-state index contributed by atoms with van der Waals surface area (Å²) >= 11 is 0. The second-order valence-corrected chi connectivity index (χ2v) is 2.93. The van der Waals surface area contributed by atoms with Gasteiger partial charge in [0.25, 0.3) is 0 Å². The SMILES string of the molecule is CC/C=C\C#CCCCCOC(C)=O. The van der Waals surface area contributed by atoms with E-state index in [0.717, 1.165) is 25.7 Å². The molecule has 0 heterocycles. The summed E-state index contributed by atoms with van der Waals surface area (Å²) < 4.78 is 4.79. The molecular formula is C12H18O2. The van der Waals surface area contributed by atoms with E-state index in [1.807, 2.05) is 12.2 Å². The fourth-order valence-corrected chi connectivity index (χ4v) is 0.839. The highest BCUT2D eigenvalue weighted by atomic mass is 16.5. The van der Waals surface area contributed by atoms with Gasteiger partial charge in [-0.1, -0.05) is 24.8 Å². The quantitative estimate of drug-likeness (QED) is 0.382. The van der Waals surface area contributed by atoms with E-state index in [4.69, 9.17) is 4.74 Å². The van der Waals surface area contributed by atoms with E-state index >= 15 is 0 Å². The topological polar surface area (TPSA) is 26.3 Å². The van der Waals surface area contributed by atoms with Gasteiger partial charge in [-0.05, 0) is 25.3 Å². The van der Waals surface area contributed by atoms with Gasteiger partial charge in [-0.3, -0.25) is 4.79 Å². The van der Waals surface area contributed by atoms with Crippen LogP contribution in [0, 0.1) is 11.8 Å². The summed E-state index contributed by atoms with van der Waals surface area (Å²) in [6, 6.07) is 0. The minimum absolute atomic E-state index is 0.207. The highest BCUT2D eigenvalue weighted by Crippen LogP contribution is 1.94. The van der Waals surface area contributed by atoms with Gasteiger partial charge in [-0.25, -0.2) is 0 Å². The molecule has 0 aromatic carbocycles. The number of carbonyl (C=O) groups excluding carboxylic acids is 1. The van der Waals surface area contributed by atoms with Crippen LogP contribution in [0.1, 0.15) is 39.5 Å². The van der Waals surface area contributed by atoms with Crippen molar-refractivity contribution in [1.29, 1.82) is 0 Å². The Bertz CT molecular complexity index is 230. The molecule has 0 unspecified atom stereocenters. The van der Waals surface area contributed by atoms with Crippen molar-refractivity contribution in [2.45, 2.75) is 39.5 Å². The summed E-state index contributed by atoms with van der Waals surface area (Å²) in [4.78, 5) is 10.4. The van der Waals surface area contributed by atoms with Crippen molar-refractivity contribution in [3.63, 3.8) is 0 Å². The molecule has 0 rings (SSSR count). The van der Waals surface area contributed by atoms with E-state index in [9.17, 15) is 4.79 Å². The van der Waals surface area contributed by atoms with Gasteiger partial charge >= 0.3 is 5.97 Å². The number of rotatable bonds is 5. The maximum atomic E-state index is 10.4. The number of ether oxygens (including phenoxy) is 1. The molecule has 0 aliphatic carbocycles. The Morgan fingerprint density at radius 2 is 2.21 bits per heavy atom. The highest BCUT2D eigenvalue weighted by molar-refractivity contribution is 5.65. The monoisotopic (exact) mass is 194 g/mol. The van der Waals surface area contributed by atoms with Crippen LogP contribution in [0.2, 0.25) is 0 Å². The molecule has 0 saturated heterocycles. The van der Waals surface area contributed by atoms with Crippen molar-refractivity contribution in [3.05, 3.63) is 12.2 Å². The van der Waals surface area contributed by atoms with Crippen LogP contribution in [0.3, 0.4) is 0 Å². The largest absolute Gasteiger partial charge is 0.466 e. The van der Waals surface area contributed by atoms with Crippen LogP contribution in [0.5, 0.6) is 0 Å². The lowest BCUT2D eigenvalue weighted by Gasteiger charge is -1.98. The van der Waals surface area contributed by atoms with Gasteiger partial charge in [0.2, 0.25) is 0 Å². The molecular weight excluding hydrogens is 176 g/mol. The van der Waals surface area contributed by atoms with Crippen LogP contribution in [-0.4, -0.2) is 12.6 Å². The second-order valence-electron chi connectivity index (χ2n) is 2.93. The summed E-state index contributed by atoms with van der Waals surface area (Å²) in [6.45, 7) is 4.02. The molecule has 2 heteroatoms. The van der Waals surface area contributed by atoms with E-state index in [0.29, 0.717) is 6.61 Å². The van der Waals surface area contributed by atoms with Gasteiger partial charge in [0.15, 0.2) is 0 Å². The first kappa shape index (κ1) is 12.8. The summed E-state index contributed by atoms with van der Waals surface area (Å²) in [5, 5.41) is 0. The Morgan fingerprint density at radius 1 is 1.43 bits per heavy atom. The lowest BCUT2D eigenvalue weighted by atomic mass is 10.2.